The number of esters is 1. The van der Waals surface area contributed by atoms with E-state index in [0.29, 0.717) is 12.2 Å². The number of hydrogen-bond donors (Lipinski definition) is 1. The van der Waals surface area contributed by atoms with Gasteiger partial charge in [0.15, 0.2) is 11.5 Å². The summed E-state index contributed by atoms with van der Waals surface area (Å²) in [6.45, 7) is -2.32. The van der Waals surface area contributed by atoms with Crippen molar-refractivity contribution in [2.24, 2.45) is 0 Å². The number of alkyl halides is 2. The summed E-state index contributed by atoms with van der Waals surface area (Å²) in [6, 6.07) is 9.49. The Morgan fingerprint density at radius 1 is 1.19 bits per heavy atom. The maximum absolute atomic E-state index is 12.4. The van der Waals surface area contributed by atoms with Crippen molar-refractivity contribution >= 4 is 16.0 Å². The number of carbonyl (C=O) groups is 1. The van der Waals surface area contributed by atoms with E-state index in [-0.39, 0.29) is 41.2 Å². The van der Waals surface area contributed by atoms with Gasteiger partial charge in [-0.05, 0) is 54.8 Å². The molecule has 0 bridgehead atoms. The SMILES string of the molecule is COc1cc(COC(=O)c2ccc(S(=O)(=O)NCC3CCCO3)cc2)ccc1OC(F)F. The Balaban J connectivity index is 1.57. The predicted molar refractivity (Wildman–Crippen MR) is 109 cm³/mol. The van der Waals surface area contributed by atoms with Gasteiger partial charge >= 0.3 is 12.6 Å². The molecule has 0 aliphatic carbocycles. The van der Waals surface area contributed by atoms with Crippen molar-refractivity contribution in [2.45, 2.75) is 37.1 Å². The molecule has 1 heterocycles. The van der Waals surface area contributed by atoms with E-state index in [1.807, 2.05) is 0 Å². The quantitative estimate of drug-likeness (QED) is 0.532. The fourth-order valence-electron chi connectivity index (χ4n) is 3.09. The lowest BCUT2D eigenvalue weighted by molar-refractivity contribution is -0.0512. The fourth-order valence-corrected chi connectivity index (χ4v) is 4.16. The number of rotatable bonds is 10. The van der Waals surface area contributed by atoms with Gasteiger partial charge in [-0.15, -0.1) is 0 Å². The number of carbonyl (C=O) groups excluding carboxylic acids is 1. The topological polar surface area (TPSA) is 100 Å². The molecule has 1 aliphatic rings. The Bertz CT molecular complexity index is 1020. The summed E-state index contributed by atoms with van der Waals surface area (Å²) in [7, 11) is -2.43. The third-order valence-corrected chi connectivity index (χ3v) is 6.18. The van der Waals surface area contributed by atoms with Crippen LogP contribution in [0, 0.1) is 0 Å². The van der Waals surface area contributed by atoms with Crippen molar-refractivity contribution < 1.29 is 40.9 Å². The Labute approximate surface area is 184 Å². The summed E-state index contributed by atoms with van der Waals surface area (Å²) in [6.07, 6.45) is 1.58. The average Bonchev–Trinajstić information content (AvgIpc) is 3.30. The molecular formula is C21H23F2NO7S. The molecule has 11 heteroatoms. The molecule has 0 amide bonds. The lowest BCUT2D eigenvalue weighted by Crippen LogP contribution is -2.31. The molecule has 8 nitrogen and oxygen atoms in total. The number of ether oxygens (including phenoxy) is 4. The van der Waals surface area contributed by atoms with Gasteiger partial charge in [0.2, 0.25) is 10.0 Å². The van der Waals surface area contributed by atoms with Gasteiger partial charge in [0.05, 0.1) is 23.7 Å². The summed E-state index contributed by atoms with van der Waals surface area (Å²) in [4.78, 5) is 12.3. The lowest BCUT2D eigenvalue weighted by atomic mass is 10.2. The Morgan fingerprint density at radius 3 is 2.56 bits per heavy atom. The summed E-state index contributed by atoms with van der Waals surface area (Å²) in [5.74, 6) is -0.737. The molecule has 0 aromatic heterocycles. The molecule has 0 saturated carbocycles. The van der Waals surface area contributed by atoms with Gasteiger partial charge in [0, 0.05) is 13.2 Å². The second-order valence-electron chi connectivity index (χ2n) is 6.95. The van der Waals surface area contributed by atoms with Crippen LogP contribution in [0.2, 0.25) is 0 Å². The van der Waals surface area contributed by atoms with Crippen LogP contribution in [0.4, 0.5) is 8.78 Å². The zero-order valence-corrected chi connectivity index (χ0v) is 18.1. The van der Waals surface area contributed by atoms with Crippen LogP contribution >= 0.6 is 0 Å². The molecule has 0 spiro atoms. The van der Waals surface area contributed by atoms with E-state index >= 15 is 0 Å². The molecule has 3 rings (SSSR count). The first-order valence-corrected chi connectivity index (χ1v) is 11.3. The van der Waals surface area contributed by atoms with Gasteiger partial charge in [0.25, 0.3) is 0 Å². The number of methoxy groups -OCH3 is 1. The normalized spacial score (nSPS) is 16.2. The maximum Gasteiger partial charge on any atom is 0.387 e. The van der Waals surface area contributed by atoms with E-state index < -0.39 is 22.6 Å². The van der Waals surface area contributed by atoms with Crippen molar-refractivity contribution in [1.29, 1.82) is 0 Å². The average molecular weight is 471 g/mol. The molecular weight excluding hydrogens is 448 g/mol. The van der Waals surface area contributed by atoms with Crippen LogP contribution in [0.1, 0.15) is 28.8 Å². The summed E-state index contributed by atoms with van der Waals surface area (Å²) < 4.78 is 72.0. The molecule has 174 valence electrons. The van der Waals surface area contributed by atoms with Crippen LogP contribution in [0.5, 0.6) is 11.5 Å². The zero-order valence-electron chi connectivity index (χ0n) is 17.3. The van der Waals surface area contributed by atoms with Crippen molar-refractivity contribution in [3.8, 4) is 11.5 Å². The minimum absolute atomic E-state index is 0.0198. The smallest absolute Gasteiger partial charge is 0.387 e. The minimum atomic E-state index is -3.73. The molecule has 1 N–H and O–H groups in total. The highest BCUT2D eigenvalue weighted by atomic mass is 32.2. The van der Waals surface area contributed by atoms with E-state index in [4.69, 9.17) is 14.2 Å². The van der Waals surface area contributed by atoms with Gasteiger partial charge in [-0.2, -0.15) is 8.78 Å². The number of nitrogens with one attached hydrogen (secondary N) is 1. The lowest BCUT2D eigenvalue weighted by Gasteiger charge is -2.12. The van der Waals surface area contributed by atoms with Gasteiger partial charge in [-0.1, -0.05) is 6.07 Å². The fraction of sp³-hybridized carbons (Fsp3) is 0.381. The third kappa shape index (κ3) is 6.38. The first-order valence-electron chi connectivity index (χ1n) is 9.78. The van der Waals surface area contributed by atoms with Crippen molar-refractivity contribution in [3.63, 3.8) is 0 Å². The van der Waals surface area contributed by atoms with Gasteiger partial charge in [-0.3, -0.25) is 0 Å². The number of benzene rings is 2. The molecule has 0 radical (unpaired) electrons. The van der Waals surface area contributed by atoms with Crippen LogP contribution in [-0.2, 0) is 26.1 Å². The minimum Gasteiger partial charge on any atom is -0.493 e. The molecule has 1 aliphatic heterocycles. The monoisotopic (exact) mass is 471 g/mol. The van der Waals surface area contributed by atoms with Gasteiger partial charge in [0.1, 0.15) is 6.61 Å². The highest BCUT2D eigenvalue weighted by Crippen LogP contribution is 2.29. The van der Waals surface area contributed by atoms with E-state index in [0.717, 1.165) is 12.8 Å². The second-order valence-corrected chi connectivity index (χ2v) is 8.72. The maximum atomic E-state index is 12.4. The Kier molecular flexibility index (Phi) is 7.99. The van der Waals surface area contributed by atoms with Crippen molar-refractivity contribution in [3.05, 3.63) is 53.6 Å². The summed E-state index contributed by atoms with van der Waals surface area (Å²) in [5, 5.41) is 0. The zero-order chi connectivity index (χ0) is 23.1. The number of sulfonamides is 1. The van der Waals surface area contributed by atoms with Crippen molar-refractivity contribution in [1.82, 2.24) is 4.72 Å². The van der Waals surface area contributed by atoms with E-state index in [9.17, 15) is 22.0 Å². The van der Waals surface area contributed by atoms with E-state index in [2.05, 4.69) is 9.46 Å². The third-order valence-electron chi connectivity index (χ3n) is 4.74. The summed E-state index contributed by atoms with van der Waals surface area (Å²) >= 11 is 0. The van der Waals surface area contributed by atoms with Crippen LogP contribution < -0.4 is 14.2 Å². The Morgan fingerprint density at radius 2 is 1.94 bits per heavy atom. The largest absolute Gasteiger partial charge is 0.493 e. The number of halogens is 2. The van der Waals surface area contributed by atoms with E-state index in [1.165, 1.54) is 49.6 Å². The highest BCUT2D eigenvalue weighted by molar-refractivity contribution is 7.89. The van der Waals surface area contributed by atoms with Crippen LogP contribution in [0.15, 0.2) is 47.4 Å². The van der Waals surface area contributed by atoms with Crippen LogP contribution in [-0.4, -0.2) is 47.4 Å². The molecule has 1 atom stereocenters. The molecule has 1 fully saturated rings. The second kappa shape index (κ2) is 10.7. The van der Waals surface area contributed by atoms with Crippen molar-refractivity contribution in [2.75, 3.05) is 20.3 Å². The molecule has 1 saturated heterocycles. The standard InChI is InChI=1S/C21H23F2NO7S/c1-28-19-11-14(4-9-18(19)31-21(22)23)13-30-20(25)15-5-7-17(8-6-15)32(26,27)24-12-16-3-2-10-29-16/h4-9,11,16,21,24H,2-3,10,12-13H2,1H3. The first kappa shape index (κ1) is 23.9. The van der Waals surface area contributed by atoms with Gasteiger partial charge < -0.3 is 18.9 Å². The van der Waals surface area contributed by atoms with Crippen LogP contribution in [0.25, 0.3) is 0 Å². The molecule has 1 unspecified atom stereocenters. The van der Waals surface area contributed by atoms with Crippen LogP contribution in [0.3, 0.4) is 0 Å². The summed E-state index contributed by atoms with van der Waals surface area (Å²) in [5.41, 5.74) is 0.655. The Hall–Kier alpha value is -2.76. The molecule has 32 heavy (non-hydrogen) atoms. The first-order chi connectivity index (χ1) is 15.3. The number of hydrogen-bond acceptors (Lipinski definition) is 7. The predicted octanol–water partition coefficient (Wildman–Crippen LogP) is 3.11. The molecule has 2 aromatic carbocycles. The molecule has 2 aromatic rings. The van der Waals surface area contributed by atoms with Gasteiger partial charge in [-0.25, -0.2) is 17.9 Å². The van der Waals surface area contributed by atoms with E-state index in [1.54, 1.807) is 0 Å². The highest BCUT2D eigenvalue weighted by Gasteiger charge is 2.21.